The van der Waals surface area contributed by atoms with Gasteiger partial charge < -0.3 is 23.7 Å². The molecule has 1 N–H and O–H groups in total. The summed E-state index contributed by atoms with van der Waals surface area (Å²) < 4.78 is 27.3. The summed E-state index contributed by atoms with van der Waals surface area (Å²) in [6.45, 7) is 1.88. The van der Waals surface area contributed by atoms with Crippen LogP contribution in [0, 0.1) is 8.98 Å². The molecule has 2 aromatic carbocycles. The number of carbonyl (C=O) groups is 2. The zero-order valence-corrected chi connectivity index (χ0v) is 20.7. The van der Waals surface area contributed by atoms with Crippen LogP contribution in [0.2, 0.25) is 0 Å². The number of thioether (sulfide) groups is 1. The van der Waals surface area contributed by atoms with Gasteiger partial charge in [-0.05, 0) is 77.2 Å². The molecule has 0 atom stereocenters. The molecule has 0 aliphatic carbocycles. The molecule has 1 fully saturated rings. The van der Waals surface area contributed by atoms with E-state index < -0.39 is 5.97 Å². The van der Waals surface area contributed by atoms with Crippen LogP contribution in [-0.4, -0.2) is 44.2 Å². The number of methoxy groups -OCH3 is 1. The number of hydrogen-bond acceptors (Lipinski definition) is 9. The normalized spacial score (nSPS) is 15.8. The van der Waals surface area contributed by atoms with E-state index in [0.29, 0.717) is 42.7 Å². The average molecular weight is 582 g/mol. The minimum absolute atomic E-state index is 0.0844. The molecule has 0 unspecified atom stereocenters. The van der Waals surface area contributed by atoms with E-state index in [9.17, 15) is 9.59 Å². The van der Waals surface area contributed by atoms with Gasteiger partial charge in [-0.3, -0.25) is 15.1 Å². The number of rotatable bonds is 7. The predicted molar refractivity (Wildman–Crippen MR) is 131 cm³/mol. The number of halogens is 1. The zero-order valence-electron chi connectivity index (χ0n) is 17.7. The molecule has 2 aliphatic heterocycles. The highest BCUT2D eigenvalue weighted by molar-refractivity contribution is 14.1. The maximum absolute atomic E-state index is 13.1. The van der Waals surface area contributed by atoms with E-state index in [1.807, 2.05) is 0 Å². The summed E-state index contributed by atoms with van der Waals surface area (Å²) >= 11 is 3.13. The molecule has 0 bridgehead atoms. The Labute approximate surface area is 207 Å². The van der Waals surface area contributed by atoms with Gasteiger partial charge in [0.25, 0.3) is 5.91 Å². The van der Waals surface area contributed by atoms with Crippen molar-refractivity contribution in [2.75, 3.05) is 32.0 Å². The highest BCUT2D eigenvalue weighted by Gasteiger charge is 2.34. The van der Waals surface area contributed by atoms with Crippen molar-refractivity contribution in [3.63, 3.8) is 0 Å². The van der Waals surface area contributed by atoms with Crippen LogP contribution < -0.4 is 23.8 Å². The monoisotopic (exact) mass is 582 g/mol. The van der Waals surface area contributed by atoms with Gasteiger partial charge in [0.05, 0.1) is 27.9 Å². The lowest BCUT2D eigenvalue weighted by Crippen LogP contribution is -2.28. The molecule has 4 rings (SSSR count). The summed E-state index contributed by atoms with van der Waals surface area (Å²) in [6.07, 6.45) is 1.69. The molecule has 172 valence electrons. The van der Waals surface area contributed by atoms with E-state index in [1.54, 1.807) is 43.3 Å². The van der Waals surface area contributed by atoms with Crippen molar-refractivity contribution in [2.24, 2.45) is 0 Å². The first-order valence-electron chi connectivity index (χ1n) is 9.79. The molecule has 2 heterocycles. The van der Waals surface area contributed by atoms with Gasteiger partial charge in [-0.15, -0.1) is 0 Å². The molecule has 0 radical (unpaired) electrons. The molecular weight excluding hydrogens is 563 g/mol. The Morgan fingerprint density at radius 1 is 1.27 bits per heavy atom. The van der Waals surface area contributed by atoms with E-state index in [1.165, 1.54) is 12.0 Å². The number of amides is 1. The number of benzene rings is 2. The van der Waals surface area contributed by atoms with Gasteiger partial charge in [0, 0.05) is 6.07 Å². The summed E-state index contributed by atoms with van der Waals surface area (Å²) in [5.41, 5.74) is 1.22. The quantitative estimate of drug-likeness (QED) is 0.297. The van der Waals surface area contributed by atoms with Crippen LogP contribution in [0.1, 0.15) is 12.5 Å². The van der Waals surface area contributed by atoms with Crippen LogP contribution in [0.25, 0.3) is 6.08 Å². The van der Waals surface area contributed by atoms with Crippen LogP contribution in [0.5, 0.6) is 23.0 Å². The lowest BCUT2D eigenvalue weighted by Gasteiger charge is -2.15. The number of carbonyl (C=O) groups excluding carboxylic acids is 2. The largest absolute Gasteiger partial charge is 0.493 e. The molecule has 2 aliphatic rings. The van der Waals surface area contributed by atoms with Crippen molar-refractivity contribution in [1.82, 2.24) is 0 Å². The van der Waals surface area contributed by atoms with Gasteiger partial charge in [-0.2, -0.15) is 0 Å². The standard InChI is InChI=1S/C22H19IN2O7S/c1-3-29-19(26)10-30-20-14(23)6-12(7-17(20)28-2)8-18-21(27)25(22(24)33-18)13-4-5-15-16(9-13)32-11-31-15/h4-9,24H,3,10-11H2,1-2H3/b18-8-,24-22?. The Morgan fingerprint density at radius 3 is 2.82 bits per heavy atom. The topological polar surface area (TPSA) is 107 Å². The highest BCUT2D eigenvalue weighted by atomic mass is 127. The number of nitrogens with zero attached hydrogens (tertiary/aromatic N) is 1. The Bertz CT molecular complexity index is 1170. The summed E-state index contributed by atoms with van der Waals surface area (Å²) in [5.74, 6) is 1.17. The number of nitrogens with one attached hydrogen (secondary N) is 1. The molecule has 0 saturated carbocycles. The van der Waals surface area contributed by atoms with Gasteiger partial charge in [-0.1, -0.05) is 0 Å². The van der Waals surface area contributed by atoms with Crippen LogP contribution >= 0.6 is 34.4 Å². The molecule has 1 amide bonds. The highest BCUT2D eigenvalue weighted by Crippen LogP contribution is 2.41. The number of esters is 1. The van der Waals surface area contributed by atoms with Crippen molar-refractivity contribution in [3.05, 3.63) is 44.4 Å². The number of hydrogen-bond donors (Lipinski definition) is 1. The van der Waals surface area contributed by atoms with E-state index in [2.05, 4.69) is 22.6 Å². The van der Waals surface area contributed by atoms with E-state index in [0.717, 1.165) is 11.8 Å². The third-order valence-corrected chi connectivity index (χ3v) is 6.32. The minimum Gasteiger partial charge on any atom is -0.493 e. The van der Waals surface area contributed by atoms with Crippen molar-refractivity contribution in [3.8, 4) is 23.0 Å². The number of amidine groups is 1. The van der Waals surface area contributed by atoms with Gasteiger partial charge in [0.2, 0.25) is 6.79 Å². The second-order valence-electron chi connectivity index (χ2n) is 6.72. The summed E-state index contributed by atoms with van der Waals surface area (Å²) in [6, 6.07) is 8.62. The van der Waals surface area contributed by atoms with E-state index in [4.69, 9.17) is 29.1 Å². The number of ether oxygens (including phenoxy) is 5. The predicted octanol–water partition coefficient (Wildman–Crippen LogP) is 4.03. The second kappa shape index (κ2) is 9.91. The Kier molecular flexibility index (Phi) is 6.98. The van der Waals surface area contributed by atoms with Crippen molar-refractivity contribution in [2.45, 2.75) is 6.92 Å². The maximum Gasteiger partial charge on any atom is 0.344 e. The van der Waals surface area contributed by atoms with Crippen LogP contribution in [0.15, 0.2) is 35.2 Å². The van der Waals surface area contributed by atoms with Crippen molar-refractivity contribution in [1.29, 1.82) is 5.41 Å². The van der Waals surface area contributed by atoms with Crippen LogP contribution in [-0.2, 0) is 14.3 Å². The van der Waals surface area contributed by atoms with E-state index in [-0.39, 0.29) is 31.1 Å². The Hall–Kier alpha value is -2.93. The molecule has 0 spiro atoms. The first-order valence-corrected chi connectivity index (χ1v) is 11.7. The number of fused-ring (bicyclic) bond motifs is 1. The second-order valence-corrected chi connectivity index (χ2v) is 8.91. The molecule has 9 nitrogen and oxygen atoms in total. The average Bonchev–Trinajstić information content (AvgIpc) is 3.36. The first kappa shape index (κ1) is 23.2. The van der Waals surface area contributed by atoms with Gasteiger partial charge >= 0.3 is 5.97 Å². The van der Waals surface area contributed by atoms with Crippen LogP contribution in [0.4, 0.5) is 5.69 Å². The zero-order chi connectivity index (χ0) is 23.5. The number of anilines is 1. The molecule has 0 aromatic heterocycles. The van der Waals surface area contributed by atoms with Gasteiger partial charge in [0.15, 0.2) is 34.8 Å². The fourth-order valence-electron chi connectivity index (χ4n) is 3.19. The Balaban J connectivity index is 1.57. The molecule has 11 heteroatoms. The van der Waals surface area contributed by atoms with E-state index >= 15 is 0 Å². The summed E-state index contributed by atoms with van der Waals surface area (Å²) in [7, 11) is 1.49. The van der Waals surface area contributed by atoms with Gasteiger partial charge in [-0.25, -0.2) is 4.79 Å². The lowest BCUT2D eigenvalue weighted by atomic mass is 10.1. The molecule has 1 saturated heterocycles. The van der Waals surface area contributed by atoms with Gasteiger partial charge in [0.1, 0.15) is 0 Å². The summed E-state index contributed by atoms with van der Waals surface area (Å²) in [5, 5.41) is 8.40. The SMILES string of the molecule is CCOC(=O)COc1c(I)cc(/C=C2\SC(=N)N(c3ccc4c(c3)OCO4)C2=O)cc1OC. The third kappa shape index (κ3) is 4.88. The lowest BCUT2D eigenvalue weighted by molar-refractivity contribution is -0.145. The summed E-state index contributed by atoms with van der Waals surface area (Å²) in [4.78, 5) is 26.4. The minimum atomic E-state index is -0.475. The molecule has 2 aromatic rings. The van der Waals surface area contributed by atoms with Crippen molar-refractivity contribution >= 4 is 63.2 Å². The molecular formula is C22H19IN2O7S. The fraction of sp³-hybridized carbons (Fsp3) is 0.227. The first-order chi connectivity index (χ1) is 15.9. The van der Waals surface area contributed by atoms with Crippen LogP contribution in [0.3, 0.4) is 0 Å². The maximum atomic E-state index is 13.1. The Morgan fingerprint density at radius 2 is 2.06 bits per heavy atom. The fourth-order valence-corrected chi connectivity index (χ4v) is 4.84. The third-order valence-electron chi connectivity index (χ3n) is 4.63. The smallest absolute Gasteiger partial charge is 0.344 e. The molecule has 33 heavy (non-hydrogen) atoms. The van der Waals surface area contributed by atoms with Crippen molar-refractivity contribution < 1.29 is 33.3 Å².